The Morgan fingerprint density at radius 2 is 2.50 bits per heavy atom. The molecule has 0 N–H and O–H groups in total. The zero-order chi connectivity index (χ0) is 8.72. The normalized spacial score (nSPS) is 27.6. The number of hydrogen-bond donors (Lipinski definition) is 0. The van der Waals surface area contributed by atoms with E-state index in [4.69, 9.17) is 4.74 Å². The molecule has 2 aliphatic heterocycles. The summed E-state index contributed by atoms with van der Waals surface area (Å²) < 4.78 is 5.37. The minimum Gasteiger partial charge on any atom is -0.320 e. The van der Waals surface area contributed by atoms with Crippen LogP contribution < -0.4 is 0 Å². The smallest absolute Gasteiger partial charge is 0.263 e. The Hall–Kier alpha value is -0.610. The molecule has 0 aromatic heterocycles. The van der Waals surface area contributed by atoms with E-state index in [-0.39, 0.29) is 11.9 Å². The van der Waals surface area contributed by atoms with Gasteiger partial charge in [0.25, 0.3) is 5.91 Å². The van der Waals surface area contributed by atoms with Crippen LogP contribution in [-0.4, -0.2) is 34.0 Å². The third-order valence-corrected chi connectivity index (χ3v) is 3.01. The molecule has 2 rings (SSSR count). The monoisotopic (exact) mass is 185 g/mol. The molecule has 2 heterocycles. The van der Waals surface area contributed by atoms with E-state index in [9.17, 15) is 4.79 Å². The van der Waals surface area contributed by atoms with Crippen molar-refractivity contribution in [3.63, 3.8) is 0 Å². The number of carbonyl (C=O) groups excluding carboxylic acids is 1. The number of amides is 1. The summed E-state index contributed by atoms with van der Waals surface area (Å²) in [6, 6.07) is 0.235. The first-order valence-corrected chi connectivity index (χ1v) is 4.91. The summed E-state index contributed by atoms with van der Waals surface area (Å²) in [6.45, 7) is 4.86. The van der Waals surface area contributed by atoms with Crippen LogP contribution in [0.1, 0.15) is 13.8 Å². The van der Waals surface area contributed by atoms with Crippen molar-refractivity contribution >= 4 is 27.4 Å². The van der Waals surface area contributed by atoms with Gasteiger partial charge in [-0.3, -0.25) is 9.69 Å². The molecular formula is C8H11NO2S. The van der Waals surface area contributed by atoms with Crippen molar-refractivity contribution in [2.75, 3.05) is 6.61 Å². The Labute approximate surface area is 74.8 Å². The maximum absolute atomic E-state index is 11.3. The van der Waals surface area contributed by atoms with E-state index in [1.54, 1.807) is 10.3 Å². The van der Waals surface area contributed by atoms with E-state index in [0.717, 1.165) is 5.17 Å². The summed E-state index contributed by atoms with van der Waals surface area (Å²) in [7, 11) is 1.39. The third-order valence-electron chi connectivity index (χ3n) is 2.17. The Morgan fingerprint density at radius 1 is 1.75 bits per heavy atom. The fourth-order valence-electron chi connectivity index (χ4n) is 1.43. The quantitative estimate of drug-likeness (QED) is 0.557. The van der Waals surface area contributed by atoms with Crippen molar-refractivity contribution < 1.29 is 9.53 Å². The average molecular weight is 185 g/mol. The summed E-state index contributed by atoms with van der Waals surface area (Å²) in [5.41, 5.74) is 0. The first-order valence-electron chi connectivity index (χ1n) is 4.03. The predicted octanol–water partition coefficient (Wildman–Crippen LogP) is 0.506. The summed E-state index contributed by atoms with van der Waals surface area (Å²) in [5.74, 6) is 0.532. The summed E-state index contributed by atoms with van der Waals surface area (Å²) in [5, 5.41) is 2.36. The van der Waals surface area contributed by atoms with Crippen molar-refractivity contribution in [2.45, 2.75) is 19.9 Å². The average Bonchev–Trinajstić information content (AvgIpc) is 2.53. The molecule has 0 aromatic rings. The fraction of sp³-hybridized carbons (Fsp3) is 0.625. The predicted molar refractivity (Wildman–Crippen MR) is 50.1 cm³/mol. The number of hydrogen-bond acceptors (Lipinski definition) is 2. The summed E-state index contributed by atoms with van der Waals surface area (Å²) >= 11 is 0. The fourth-order valence-corrected chi connectivity index (χ4v) is 2.22. The van der Waals surface area contributed by atoms with E-state index < -0.39 is 0 Å². The van der Waals surface area contributed by atoms with Crippen LogP contribution in [0.25, 0.3) is 0 Å². The lowest BCUT2D eigenvalue weighted by molar-refractivity contribution is -0.121. The highest BCUT2D eigenvalue weighted by Gasteiger charge is 2.37. The van der Waals surface area contributed by atoms with Gasteiger partial charge in [-0.15, -0.1) is 0 Å². The number of carbonyl (C=O) groups is 1. The maximum atomic E-state index is 11.3. The van der Waals surface area contributed by atoms with Crippen LogP contribution >= 0.6 is 10.9 Å². The zero-order valence-electron chi connectivity index (χ0n) is 7.11. The molecule has 66 valence electrons. The van der Waals surface area contributed by atoms with Crippen molar-refractivity contribution in [1.82, 2.24) is 4.90 Å². The van der Waals surface area contributed by atoms with E-state index in [0.29, 0.717) is 12.5 Å². The lowest BCUT2D eigenvalue weighted by Gasteiger charge is -2.21. The van der Waals surface area contributed by atoms with Gasteiger partial charge in [0.1, 0.15) is 0 Å². The van der Waals surface area contributed by atoms with Crippen LogP contribution in [0.2, 0.25) is 0 Å². The van der Waals surface area contributed by atoms with Crippen molar-refractivity contribution in [2.24, 2.45) is 5.92 Å². The van der Waals surface area contributed by atoms with Crippen LogP contribution in [0.15, 0.2) is 0 Å². The van der Waals surface area contributed by atoms with Crippen LogP contribution in [0.4, 0.5) is 0 Å². The van der Waals surface area contributed by atoms with E-state index in [1.165, 1.54) is 10.9 Å². The molecule has 3 nitrogen and oxygen atoms in total. The topological polar surface area (TPSA) is 29.5 Å². The van der Waals surface area contributed by atoms with E-state index in [1.807, 2.05) is 0 Å². The minimum atomic E-state index is 0.0752. The Kier molecular flexibility index (Phi) is 1.81. The molecule has 1 saturated heterocycles. The molecule has 12 heavy (non-hydrogen) atoms. The van der Waals surface area contributed by atoms with Crippen LogP contribution in [-0.2, 0) is 9.53 Å². The van der Waals surface area contributed by atoms with E-state index >= 15 is 0 Å². The Bertz CT molecular complexity index is 291. The molecule has 1 fully saturated rings. The molecule has 0 bridgehead atoms. The zero-order valence-corrected chi connectivity index (χ0v) is 7.93. The molecule has 0 unspecified atom stereocenters. The molecule has 0 aromatic carbocycles. The van der Waals surface area contributed by atoms with Gasteiger partial charge >= 0.3 is 0 Å². The SMILES string of the molecule is CC(C)[C@H]1COC2=S=CC(=O)N21. The van der Waals surface area contributed by atoms with Gasteiger partial charge in [0.05, 0.1) is 18.0 Å². The number of fused-ring (bicyclic) bond motifs is 1. The van der Waals surface area contributed by atoms with Gasteiger partial charge in [-0.1, -0.05) is 24.8 Å². The van der Waals surface area contributed by atoms with Gasteiger partial charge in [0.2, 0.25) is 5.17 Å². The molecule has 1 amide bonds. The lowest BCUT2D eigenvalue weighted by Crippen LogP contribution is -2.40. The Balaban J connectivity index is 2.25. The Morgan fingerprint density at radius 3 is 3.17 bits per heavy atom. The first-order chi connectivity index (χ1) is 5.70. The molecule has 0 spiro atoms. The number of ether oxygens (including phenoxy) is 1. The highest BCUT2D eigenvalue weighted by molar-refractivity contribution is 7.98. The van der Waals surface area contributed by atoms with Crippen LogP contribution in [0, 0.1) is 5.92 Å². The van der Waals surface area contributed by atoms with Gasteiger partial charge in [-0.25, -0.2) is 0 Å². The molecule has 0 radical (unpaired) electrons. The maximum Gasteiger partial charge on any atom is 0.263 e. The highest BCUT2D eigenvalue weighted by atomic mass is 32.1. The number of nitrogens with zero attached hydrogens (tertiary/aromatic N) is 1. The molecular weight excluding hydrogens is 174 g/mol. The van der Waals surface area contributed by atoms with Gasteiger partial charge in [0.15, 0.2) is 0 Å². The van der Waals surface area contributed by atoms with Crippen molar-refractivity contribution in [1.29, 1.82) is 0 Å². The second-order valence-electron chi connectivity index (χ2n) is 3.33. The summed E-state index contributed by atoms with van der Waals surface area (Å²) in [4.78, 5) is 13.1. The van der Waals surface area contributed by atoms with Gasteiger partial charge in [0, 0.05) is 0 Å². The van der Waals surface area contributed by atoms with Crippen molar-refractivity contribution in [3.8, 4) is 0 Å². The second kappa shape index (κ2) is 2.71. The number of rotatable bonds is 1. The van der Waals surface area contributed by atoms with Crippen molar-refractivity contribution in [3.05, 3.63) is 0 Å². The second-order valence-corrected chi connectivity index (χ2v) is 4.15. The molecule has 4 heteroatoms. The lowest BCUT2D eigenvalue weighted by atomic mass is 10.1. The van der Waals surface area contributed by atoms with Crippen LogP contribution in [0.5, 0.6) is 0 Å². The van der Waals surface area contributed by atoms with E-state index in [2.05, 4.69) is 13.8 Å². The van der Waals surface area contributed by atoms with Crippen LogP contribution in [0.3, 0.4) is 0 Å². The third kappa shape index (κ3) is 1.03. The summed E-state index contributed by atoms with van der Waals surface area (Å²) in [6.07, 6.45) is 0. The highest BCUT2D eigenvalue weighted by Crippen LogP contribution is 2.22. The molecule has 0 saturated carbocycles. The van der Waals surface area contributed by atoms with Gasteiger partial charge in [-0.05, 0) is 5.92 Å². The largest absolute Gasteiger partial charge is 0.320 e. The minimum absolute atomic E-state index is 0.0752. The van der Waals surface area contributed by atoms with Gasteiger partial charge < -0.3 is 4.74 Å². The van der Waals surface area contributed by atoms with Gasteiger partial charge in [-0.2, -0.15) is 0 Å². The standard InChI is InChI=1S/C8H11NO2S/c1-5(2)6-3-11-8-9(6)7(10)4-12-8/h4-6H,3H2,1-2H3/t6-/m1/s1. The molecule has 0 aliphatic carbocycles. The first kappa shape index (κ1) is 8.01. The molecule has 2 aliphatic rings. The molecule has 1 atom stereocenters.